The van der Waals surface area contributed by atoms with E-state index in [4.69, 9.17) is 5.73 Å². The van der Waals surface area contributed by atoms with Crippen LogP contribution >= 0.6 is 12.4 Å². The molecule has 0 saturated heterocycles. The maximum absolute atomic E-state index is 12.1. The van der Waals surface area contributed by atoms with Crippen LogP contribution in [-0.2, 0) is 4.79 Å². The van der Waals surface area contributed by atoms with Gasteiger partial charge in [-0.05, 0) is 37.6 Å². The second kappa shape index (κ2) is 6.08. The van der Waals surface area contributed by atoms with E-state index in [1.165, 1.54) is 0 Å². The number of halogens is 1. The number of carbonyl (C=O) groups excluding carboxylic acids is 1. The molecule has 0 spiro atoms. The quantitative estimate of drug-likeness (QED) is 0.806. The number of rotatable bonds is 4. The fraction of sp³-hybridized carbons (Fsp3) is 0.357. The van der Waals surface area contributed by atoms with E-state index in [-0.39, 0.29) is 18.3 Å². The van der Waals surface area contributed by atoms with Gasteiger partial charge in [-0.3, -0.25) is 4.79 Å². The number of carbonyl (C=O) groups is 1. The smallest absolute Gasteiger partial charge is 0.244 e. The number of aromatic amines is 1. The van der Waals surface area contributed by atoms with E-state index in [0.29, 0.717) is 6.42 Å². The molecule has 1 heterocycles. The molecule has 1 atom stereocenters. The molecule has 1 amide bonds. The van der Waals surface area contributed by atoms with Gasteiger partial charge in [-0.25, -0.2) is 0 Å². The summed E-state index contributed by atoms with van der Waals surface area (Å²) in [5.41, 5.74) is 7.01. The highest BCUT2D eigenvalue weighted by molar-refractivity contribution is 5.99. The summed E-state index contributed by atoms with van der Waals surface area (Å²) >= 11 is 0. The molecule has 104 valence electrons. The second-order valence-corrected chi connectivity index (χ2v) is 4.90. The van der Waals surface area contributed by atoms with E-state index >= 15 is 0 Å². The van der Waals surface area contributed by atoms with Crippen molar-refractivity contribution in [1.82, 2.24) is 4.98 Å². The predicted octanol–water partition coefficient (Wildman–Crippen LogP) is 3.05. The van der Waals surface area contributed by atoms with Gasteiger partial charge in [0, 0.05) is 22.8 Å². The standard InChI is InChI=1S/C14H19N3O.ClH/c1-3-7-14(2,15)13(18)17-11-4-5-12-10(9-11)6-8-16-12;/h4-6,8-9,16H,3,7,15H2,1-2H3,(H,17,18);1H. The van der Waals surface area contributed by atoms with Crippen LogP contribution in [0.15, 0.2) is 30.5 Å². The molecule has 5 heteroatoms. The molecule has 1 unspecified atom stereocenters. The molecule has 0 aliphatic rings. The fourth-order valence-corrected chi connectivity index (χ4v) is 2.04. The first kappa shape index (κ1) is 15.5. The van der Waals surface area contributed by atoms with Crippen LogP contribution < -0.4 is 11.1 Å². The number of anilines is 1. The SMILES string of the molecule is CCCC(C)(N)C(=O)Nc1ccc2[nH]ccc2c1.Cl. The van der Waals surface area contributed by atoms with Gasteiger partial charge in [0.2, 0.25) is 5.91 Å². The minimum atomic E-state index is -0.818. The molecular formula is C14H20ClN3O. The monoisotopic (exact) mass is 281 g/mol. The lowest BCUT2D eigenvalue weighted by Gasteiger charge is -2.22. The summed E-state index contributed by atoms with van der Waals surface area (Å²) in [7, 11) is 0. The molecule has 0 aliphatic heterocycles. The van der Waals surface area contributed by atoms with Crippen molar-refractivity contribution in [2.75, 3.05) is 5.32 Å². The Morgan fingerprint density at radius 2 is 2.16 bits per heavy atom. The molecule has 1 aromatic carbocycles. The van der Waals surface area contributed by atoms with Crippen molar-refractivity contribution in [3.8, 4) is 0 Å². The molecule has 4 N–H and O–H groups in total. The summed E-state index contributed by atoms with van der Waals surface area (Å²) in [4.78, 5) is 15.2. The molecule has 0 bridgehead atoms. The molecule has 1 aromatic heterocycles. The van der Waals surface area contributed by atoms with Gasteiger partial charge in [0.15, 0.2) is 0 Å². The van der Waals surface area contributed by atoms with Gasteiger partial charge < -0.3 is 16.0 Å². The number of nitrogens with two attached hydrogens (primary N) is 1. The third-order valence-corrected chi connectivity index (χ3v) is 3.10. The molecule has 2 rings (SSSR count). The number of fused-ring (bicyclic) bond motifs is 1. The van der Waals surface area contributed by atoms with Crippen molar-refractivity contribution in [2.24, 2.45) is 5.73 Å². The van der Waals surface area contributed by atoms with E-state index in [0.717, 1.165) is 23.0 Å². The van der Waals surface area contributed by atoms with E-state index in [2.05, 4.69) is 10.3 Å². The molecule has 19 heavy (non-hydrogen) atoms. The van der Waals surface area contributed by atoms with Crippen molar-refractivity contribution in [1.29, 1.82) is 0 Å². The first-order chi connectivity index (χ1) is 8.53. The van der Waals surface area contributed by atoms with E-state index in [9.17, 15) is 4.79 Å². The first-order valence-corrected chi connectivity index (χ1v) is 6.20. The number of H-pyrrole nitrogens is 1. The van der Waals surface area contributed by atoms with Gasteiger partial charge in [0.05, 0.1) is 5.54 Å². The second-order valence-electron chi connectivity index (χ2n) is 4.90. The van der Waals surface area contributed by atoms with Gasteiger partial charge in [0.25, 0.3) is 0 Å². The van der Waals surface area contributed by atoms with Gasteiger partial charge >= 0.3 is 0 Å². The van der Waals surface area contributed by atoms with Crippen molar-refractivity contribution in [2.45, 2.75) is 32.2 Å². The summed E-state index contributed by atoms with van der Waals surface area (Å²) in [6.45, 7) is 3.78. The Balaban J connectivity index is 0.00000180. The molecule has 4 nitrogen and oxygen atoms in total. The third-order valence-electron chi connectivity index (χ3n) is 3.10. The van der Waals surface area contributed by atoms with Gasteiger partial charge in [-0.1, -0.05) is 13.3 Å². The summed E-state index contributed by atoms with van der Waals surface area (Å²) in [5, 5.41) is 3.94. The Morgan fingerprint density at radius 1 is 1.42 bits per heavy atom. The first-order valence-electron chi connectivity index (χ1n) is 6.20. The van der Waals surface area contributed by atoms with Crippen LogP contribution in [0.2, 0.25) is 0 Å². The van der Waals surface area contributed by atoms with Gasteiger partial charge in [-0.15, -0.1) is 12.4 Å². The Hall–Kier alpha value is -1.52. The maximum Gasteiger partial charge on any atom is 0.244 e. The fourth-order valence-electron chi connectivity index (χ4n) is 2.04. The minimum Gasteiger partial charge on any atom is -0.361 e. The molecular weight excluding hydrogens is 262 g/mol. The number of amides is 1. The largest absolute Gasteiger partial charge is 0.361 e. The summed E-state index contributed by atoms with van der Waals surface area (Å²) in [6, 6.07) is 7.72. The highest BCUT2D eigenvalue weighted by atomic mass is 35.5. The Morgan fingerprint density at radius 3 is 2.84 bits per heavy atom. The number of hydrogen-bond acceptors (Lipinski definition) is 2. The van der Waals surface area contributed by atoms with Crippen LogP contribution in [0.1, 0.15) is 26.7 Å². The molecule has 0 saturated carbocycles. The number of benzene rings is 1. The highest BCUT2D eigenvalue weighted by Crippen LogP contribution is 2.19. The van der Waals surface area contributed by atoms with Crippen LogP contribution in [0.25, 0.3) is 10.9 Å². The Labute approximate surface area is 119 Å². The predicted molar refractivity (Wildman–Crippen MR) is 81.7 cm³/mol. The summed E-state index contributed by atoms with van der Waals surface area (Å²) < 4.78 is 0. The van der Waals surface area contributed by atoms with Crippen LogP contribution in [0.3, 0.4) is 0 Å². The van der Waals surface area contributed by atoms with Gasteiger partial charge in [0.1, 0.15) is 0 Å². The normalized spacial score (nSPS) is 13.6. The molecule has 0 radical (unpaired) electrons. The zero-order valence-electron chi connectivity index (χ0n) is 11.2. The highest BCUT2D eigenvalue weighted by Gasteiger charge is 2.27. The summed E-state index contributed by atoms with van der Waals surface area (Å²) in [5.74, 6) is -0.140. The van der Waals surface area contributed by atoms with Crippen LogP contribution in [-0.4, -0.2) is 16.4 Å². The van der Waals surface area contributed by atoms with E-state index < -0.39 is 5.54 Å². The van der Waals surface area contributed by atoms with Crippen LogP contribution in [0.4, 0.5) is 5.69 Å². The zero-order chi connectivity index (χ0) is 13.2. The topological polar surface area (TPSA) is 70.9 Å². The van der Waals surface area contributed by atoms with Crippen molar-refractivity contribution >= 4 is 34.9 Å². The summed E-state index contributed by atoms with van der Waals surface area (Å²) in [6.07, 6.45) is 3.43. The van der Waals surface area contributed by atoms with Crippen LogP contribution in [0.5, 0.6) is 0 Å². The van der Waals surface area contributed by atoms with E-state index in [1.807, 2.05) is 37.4 Å². The minimum absolute atomic E-state index is 0. The lowest BCUT2D eigenvalue weighted by molar-refractivity contribution is -0.120. The van der Waals surface area contributed by atoms with Gasteiger partial charge in [-0.2, -0.15) is 0 Å². The van der Waals surface area contributed by atoms with Crippen molar-refractivity contribution in [3.63, 3.8) is 0 Å². The van der Waals surface area contributed by atoms with Crippen molar-refractivity contribution < 1.29 is 4.79 Å². The van der Waals surface area contributed by atoms with Crippen molar-refractivity contribution in [3.05, 3.63) is 30.5 Å². The average Bonchev–Trinajstić information content (AvgIpc) is 2.76. The molecule has 0 aliphatic carbocycles. The lowest BCUT2D eigenvalue weighted by atomic mass is 9.96. The maximum atomic E-state index is 12.1. The Bertz CT molecular complexity index is 563. The molecule has 0 fully saturated rings. The Kier molecular flexibility index (Phi) is 4.97. The number of nitrogens with one attached hydrogen (secondary N) is 2. The lowest BCUT2D eigenvalue weighted by Crippen LogP contribution is -2.48. The van der Waals surface area contributed by atoms with E-state index in [1.54, 1.807) is 6.92 Å². The van der Waals surface area contributed by atoms with Crippen LogP contribution in [0, 0.1) is 0 Å². The zero-order valence-corrected chi connectivity index (χ0v) is 12.0. The number of aromatic nitrogens is 1. The average molecular weight is 282 g/mol. The molecule has 2 aromatic rings. The third kappa shape index (κ3) is 3.49. The number of hydrogen-bond donors (Lipinski definition) is 3.